The molecule has 0 bridgehead atoms. The van der Waals surface area contributed by atoms with Crippen LogP contribution in [0.15, 0.2) is 36.5 Å². The number of rotatable bonds is 5. The number of hydrogen-bond donors (Lipinski definition) is 2. The van der Waals surface area contributed by atoms with Crippen LogP contribution in [0.25, 0.3) is 10.9 Å². The highest BCUT2D eigenvalue weighted by Crippen LogP contribution is 2.26. The molecule has 1 heterocycles. The number of carboxylic acids is 1. The van der Waals surface area contributed by atoms with Crippen molar-refractivity contribution in [1.29, 1.82) is 0 Å². The first-order valence-electron chi connectivity index (χ1n) is 7.17. The molecule has 1 atom stereocenters. The summed E-state index contributed by atoms with van der Waals surface area (Å²) in [5.74, 6) is -1.16. The van der Waals surface area contributed by atoms with E-state index in [1.807, 2.05) is 30.3 Å². The zero-order chi connectivity index (χ0) is 15.5. The van der Waals surface area contributed by atoms with E-state index in [9.17, 15) is 9.90 Å². The van der Waals surface area contributed by atoms with Gasteiger partial charge in [0.1, 0.15) is 0 Å². The molecule has 2 aromatic rings. The van der Waals surface area contributed by atoms with E-state index in [4.69, 9.17) is 0 Å². The third kappa shape index (κ3) is 4.18. The second-order valence-electron chi connectivity index (χ2n) is 6.56. The van der Waals surface area contributed by atoms with Crippen molar-refractivity contribution in [1.82, 2.24) is 4.98 Å². The number of carboxylic acid groups (broad SMARTS) is 1. The van der Waals surface area contributed by atoms with Gasteiger partial charge in [-0.25, -0.2) is 0 Å². The smallest absolute Gasteiger partial charge is 0.308 e. The summed E-state index contributed by atoms with van der Waals surface area (Å²) in [6, 6.07) is 9.73. The largest absolute Gasteiger partial charge is 0.481 e. The number of hydrogen-bond acceptors (Lipinski definition) is 3. The monoisotopic (exact) mass is 286 g/mol. The third-order valence-electron chi connectivity index (χ3n) is 3.40. The van der Waals surface area contributed by atoms with Crippen LogP contribution in [0, 0.1) is 11.3 Å². The predicted molar refractivity (Wildman–Crippen MR) is 85.4 cm³/mol. The topological polar surface area (TPSA) is 62.2 Å². The molecule has 0 saturated heterocycles. The van der Waals surface area contributed by atoms with Crippen molar-refractivity contribution in [3.05, 3.63) is 36.5 Å². The van der Waals surface area contributed by atoms with Crippen LogP contribution >= 0.6 is 0 Å². The molecule has 21 heavy (non-hydrogen) atoms. The van der Waals surface area contributed by atoms with E-state index in [2.05, 4.69) is 31.1 Å². The lowest BCUT2D eigenvalue weighted by Crippen LogP contribution is -2.27. The summed E-state index contributed by atoms with van der Waals surface area (Å²) in [7, 11) is 0. The molecule has 0 aliphatic rings. The van der Waals surface area contributed by atoms with Crippen LogP contribution in [-0.4, -0.2) is 22.6 Å². The van der Waals surface area contributed by atoms with E-state index in [0.29, 0.717) is 13.0 Å². The van der Waals surface area contributed by atoms with Crippen LogP contribution in [0.1, 0.15) is 27.2 Å². The summed E-state index contributed by atoms with van der Waals surface area (Å²) in [5.41, 5.74) is 1.83. The summed E-state index contributed by atoms with van der Waals surface area (Å²) in [4.78, 5) is 15.7. The van der Waals surface area contributed by atoms with Crippen molar-refractivity contribution < 1.29 is 9.90 Å². The van der Waals surface area contributed by atoms with Crippen molar-refractivity contribution in [2.75, 3.05) is 11.9 Å². The minimum Gasteiger partial charge on any atom is -0.481 e. The SMILES string of the molecule is CC(C)(C)CC(CNc1ccnc2ccccc12)C(=O)O. The summed E-state index contributed by atoms with van der Waals surface area (Å²) in [6.07, 6.45) is 2.38. The van der Waals surface area contributed by atoms with Crippen LogP contribution in [0.3, 0.4) is 0 Å². The molecule has 0 aliphatic carbocycles. The molecule has 2 rings (SSSR count). The number of nitrogens with one attached hydrogen (secondary N) is 1. The molecule has 0 radical (unpaired) electrons. The predicted octanol–water partition coefficient (Wildman–Crippen LogP) is 3.78. The highest BCUT2D eigenvalue weighted by molar-refractivity contribution is 5.91. The molecule has 2 N–H and O–H groups in total. The maximum absolute atomic E-state index is 11.4. The average molecular weight is 286 g/mol. The molecule has 1 aromatic heterocycles. The molecule has 112 valence electrons. The maximum Gasteiger partial charge on any atom is 0.308 e. The molecule has 1 unspecified atom stereocenters. The highest BCUT2D eigenvalue weighted by atomic mass is 16.4. The van der Waals surface area contributed by atoms with Crippen LogP contribution in [-0.2, 0) is 4.79 Å². The van der Waals surface area contributed by atoms with Crippen LogP contribution in [0.5, 0.6) is 0 Å². The lowest BCUT2D eigenvalue weighted by Gasteiger charge is -2.24. The number of carbonyl (C=O) groups is 1. The Bertz CT molecular complexity index is 627. The van der Waals surface area contributed by atoms with Gasteiger partial charge in [0.2, 0.25) is 0 Å². The van der Waals surface area contributed by atoms with Gasteiger partial charge in [-0.2, -0.15) is 0 Å². The summed E-state index contributed by atoms with van der Waals surface area (Å²) in [6.45, 7) is 6.60. The summed E-state index contributed by atoms with van der Waals surface area (Å²) in [5, 5.41) is 13.7. The fraction of sp³-hybridized carbons (Fsp3) is 0.412. The fourth-order valence-corrected chi connectivity index (χ4v) is 2.47. The number of anilines is 1. The molecule has 0 saturated carbocycles. The zero-order valence-corrected chi connectivity index (χ0v) is 12.8. The van der Waals surface area contributed by atoms with E-state index in [0.717, 1.165) is 16.6 Å². The Morgan fingerprint density at radius 2 is 2.00 bits per heavy atom. The number of benzene rings is 1. The van der Waals surface area contributed by atoms with Gasteiger partial charge in [0.05, 0.1) is 11.4 Å². The lowest BCUT2D eigenvalue weighted by molar-refractivity contribution is -0.142. The maximum atomic E-state index is 11.4. The molecular weight excluding hydrogens is 264 g/mol. The number of fused-ring (bicyclic) bond motifs is 1. The molecule has 1 aromatic carbocycles. The van der Waals surface area contributed by atoms with Crippen molar-refractivity contribution in [2.45, 2.75) is 27.2 Å². The Morgan fingerprint density at radius 3 is 2.67 bits per heavy atom. The van der Waals surface area contributed by atoms with Gasteiger partial charge in [-0.1, -0.05) is 39.0 Å². The second kappa shape index (κ2) is 6.12. The van der Waals surface area contributed by atoms with Gasteiger partial charge < -0.3 is 10.4 Å². The molecule has 0 aliphatic heterocycles. The van der Waals surface area contributed by atoms with Gasteiger partial charge in [-0.05, 0) is 24.0 Å². The molecule has 4 heteroatoms. The fourth-order valence-electron chi connectivity index (χ4n) is 2.47. The van der Waals surface area contributed by atoms with Crippen LogP contribution < -0.4 is 5.32 Å². The number of para-hydroxylation sites is 1. The Balaban J connectivity index is 2.14. The van der Waals surface area contributed by atoms with Gasteiger partial charge in [0, 0.05) is 23.8 Å². The molecular formula is C17H22N2O2. The second-order valence-corrected chi connectivity index (χ2v) is 6.56. The quantitative estimate of drug-likeness (QED) is 0.878. The first kappa shape index (κ1) is 15.3. The van der Waals surface area contributed by atoms with Gasteiger partial charge in [0.15, 0.2) is 0 Å². The van der Waals surface area contributed by atoms with E-state index >= 15 is 0 Å². The minimum absolute atomic E-state index is 0.00888. The van der Waals surface area contributed by atoms with Gasteiger partial charge in [0.25, 0.3) is 0 Å². The van der Waals surface area contributed by atoms with Crippen molar-refractivity contribution in [2.24, 2.45) is 11.3 Å². The van der Waals surface area contributed by atoms with E-state index in [-0.39, 0.29) is 5.41 Å². The first-order valence-corrected chi connectivity index (χ1v) is 7.17. The Hall–Kier alpha value is -2.10. The lowest BCUT2D eigenvalue weighted by atomic mass is 9.84. The highest BCUT2D eigenvalue weighted by Gasteiger charge is 2.24. The van der Waals surface area contributed by atoms with Gasteiger partial charge in [-0.15, -0.1) is 0 Å². The Morgan fingerprint density at radius 1 is 1.29 bits per heavy atom. The summed E-state index contributed by atoms with van der Waals surface area (Å²) < 4.78 is 0. The van der Waals surface area contributed by atoms with Crippen molar-refractivity contribution >= 4 is 22.6 Å². The first-order chi connectivity index (χ1) is 9.87. The molecule has 0 fully saturated rings. The minimum atomic E-state index is -0.754. The molecule has 0 amide bonds. The van der Waals surface area contributed by atoms with E-state index in [1.165, 1.54) is 0 Å². The van der Waals surface area contributed by atoms with Crippen molar-refractivity contribution in [3.63, 3.8) is 0 Å². The Kier molecular flexibility index (Phi) is 4.46. The summed E-state index contributed by atoms with van der Waals surface area (Å²) >= 11 is 0. The number of aliphatic carboxylic acids is 1. The molecule has 4 nitrogen and oxygen atoms in total. The normalized spacial score (nSPS) is 13.1. The molecule has 0 spiro atoms. The van der Waals surface area contributed by atoms with E-state index in [1.54, 1.807) is 6.20 Å². The van der Waals surface area contributed by atoms with Crippen molar-refractivity contribution in [3.8, 4) is 0 Å². The van der Waals surface area contributed by atoms with Gasteiger partial charge in [-0.3, -0.25) is 9.78 Å². The third-order valence-corrected chi connectivity index (χ3v) is 3.40. The van der Waals surface area contributed by atoms with Crippen LogP contribution in [0.4, 0.5) is 5.69 Å². The number of pyridine rings is 1. The zero-order valence-electron chi connectivity index (χ0n) is 12.8. The van der Waals surface area contributed by atoms with Gasteiger partial charge >= 0.3 is 5.97 Å². The number of nitrogens with zero attached hydrogens (tertiary/aromatic N) is 1. The van der Waals surface area contributed by atoms with Crippen LogP contribution in [0.2, 0.25) is 0 Å². The Labute approximate surface area is 125 Å². The van der Waals surface area contributed by atoms with E-state index < -0.39 is 11.9 Å². The average Bonchev–Trinajstić information content (AvgIpc) is 2.42. The standard InChI is InChI=1S/C17H22N2O2/c1-17(2,3)10-12(16(20)21)11-19-15-8-9-18-14-7-5-4-6-13(14)15/h4-9,12H,10-11H2,1-3H3,(H,18,19)(H,20,21). The number of aromatic nitrogens is 1.